The second kappa shape index (κ2) is 30.8. The number of ether oxygens (including phenoxy) is 6. The first kappa shape index (κ1) is 75.0. The number of benzene rings is 4. The lowest BCUT2D eigenvalue weighted by molar-refractivity contribution is -0.863. The molecule has 0 bridgehead atoms. The first-order chi connectivity index (χ1) is 43.7. The molecule has 4 aromatic carbocycles. The van der Waals surface area contributed by atoms with E-state index in [4.69, 9.17) is 28.4 Å². The van der Waals surface area contributed by atoms with Crippen LogP contribution in [0.25, 0.3) is 0 Å². The number of hydrogen-bond acceptors (Lipinski definition) is 12. The third-order valence-electron chi connectivity index (χ3n) is 19.2. The van der Waals surface area contributed by atoms with Gasteiger partial charge >= 0.3 is 34.4 Å². The van der Waals surface area contributed by atoms with Crippen molar-refractivity contribution in [3.63, 3.8) is 0 Å². The predicted molar refractivity (Wildman–Crippen MR) is 329 cm³/mol. The minimum absolute atomic E-state index is 0.00590. The van der Waals surface area contributed by atoms with Gasteiger partial charge in [0.05, 0.1) is 42.1 Å². The quantitative estimate of drug-likeness (QED) is 0.0472. The summed E-state index contributed by atoms with van der Waals surface area (Å²) < 4.78 is 234. The van der Waals surface area contributed by atoms with Crippen LogP contribution in [-0.2, 0) is 51.8 Å². The molecule has 0 radical (unpaired) electrons. The number of rotatable bonds is 16. The summed E-state index contributed by atoms with van der Waals surface area (Å²) in [5.41, 5.74) is -3.24. The van der Waals surface area contributed by atoms with Gasteiger partial charge in [0.15, 0.2) is 19.1 Å². The Kier molecular flexibility index (Phi) is 24.8. The monoisotopic (exact) mass is 1370 g/mol. The van der Waals surface area contributed by atoms with Crippen LogP contribution in [0.3, 0.4) is 0 Å². The number of likely N-dealkylation sites (N-methyl/N-ethyl adjacent to an activating group) is 1. The average molecular weight is 1370 g/mol. The number of hydrogen-bond donors (Lipinski definition) is 4. The molecule has 0 aromatic heterocycles. The van der Waals surface area contributed by atoms with Crippen molar-refractivity contribution in [3.05, 3.63) is 107 Å². The molecule has 4 N–H and O–H groups in total. The third kappa shape index (κ3) is 16.2. The van der Waals surface area contributed by atoms with Gasteiger partial charge < -0.3 is 38.6 Å². The van der Waals surface area contributed by atoms with Crippen LogP contribution in [0.5, 0.6) is 34.5 Å². The molecule has 93 heavy (non-hydrogen) atoms. The molecule has 2 spiro atoms. The van der Waals surface area contributed by atoms with Crippen LogP contribution in [-0.4, -0.2) is 134 Å². The molecule has 4 aliphatic heterocycles. The summed E-state index contributed by atoms with van der Waals surface area (Å²) in [6.45, 7) is 2.48. The fraction of sp³-hybridized carbons (Fsp3) is 0.631. The zero-order valence-electron chi connectivity index (χ0n) is 53.3. The van der Waals surface area contributed by atoms with Crippen LogP contribution >= 0.6 is 0 Å². The second-order valence-corrected chi connectivity index (χ2v) is 28.9. The third-order valence-corrected chi connectivity index (χ3v) is 22.9. The van der Waals surface area contributed by atoms with Crippen LogP contribution in [0.15, 0.2) is 84.9 Å². The normalized spacial score (nSPS) is 26.3. The van der Waals surface area contributed by atoms with E-state index in [1.165, 1.54) is 51.6 Å². The molecule has 0 amide bonds. The molecular formula is C65H89F10N4O12S2+. The van der Waals surface area contributed by atoms with Gasteiger partial charge in [-0.1, -0.05) is 102 Å². The molecule has 2 fully saturated rings. The largest absolute Gasteiger partial charge is 0.508 e. The number of phenolic OH excluding ortho intramolecular Hbond substituents is 2. The minimum Gasteiger partial charge on any atom is -0.508 e. The summed E-state index contributed by atoms with van der Waals surface area (Å²) in [7, 11) is -4.54. The van der Waals surface area contributed by atoms with Gasteiger partial charge in [0.2, 0.25) is 0 Å². The fourth-order valence-electron chi connectivity index (χ4n) is 14.1. The van der Waals surface area contributed by atoms with E-state index in [1.54, 1.807) is 61.5 Å². The maximum atomic E-state index is 14.9. The lowest BCUT2D eigenvalue weighted by Crippen LogP contribution is -2.74. The minimum atomic E-state index is -5.77. The molecule has 4 heterocycles. The van der Waals surface area contributed by atoms with Gasteiger partial charge in [-0.15, -0.1) is 0 Å². The Labute approximate surface area is 539 Å². The van der Waals surface area contributed by atoms with Crippen LogP contribution in [0.2, 0.25) is 0 Å². The van der Waals surface area contributed by atoms with Gasteiger partial charge in [-0.3, -0.25) is 0 Å². The molecule has 8 rings (SSSR count). The summed E-state index contributed by atoms with van der Waals surface area (Å²) in [5, 5.41) is 20.3. The first-order valence-corrected chi connectivity index (χ1v) is 34.5. The van der Waals surface area contributed by atoms with Crippen LogP contribution in [0, 0.1) is 0 Å². The predicted octanol–water partition coefficient (Wildman–Crippen LogP) is 14.5. The van der Waals surface area contributed by atoms with Crippen molar-refractivity contribution < 1.29 is 103 Å². The number of halogens is 10. The van der Waals surface area contributed by atoms with Crippen LogP contribution in [0.1, 0.15) is 165 Å². The molecule has 2 saturated heterocycles. The van der Waals surface area contributed by atoms with Crippen molar-refractivity contribution in [1.29, 1.82) is 0 Å². The maximum Gasteiger partial charge on any atom is 0.453 e. The van der Waals surface area contributed by atoms with E-state index in [9.17, 15) is 71.0 Å². The van der Waals surface area contributed by atoms with Crippen LogP contribution < -0.4 is 28.4 Å². The molecule has 4 aromatic rings. The SMILES string of the molecule is COCOc1ccc(C2(C)COc3cc(OCOC)ccc3C23CCCCCCCCCNS(=O)(=O)[N+]3(C)CCCC(F)(F)C(F)(F)F)cc1.C[C@]1(c2ccc(O)cc2)COc2cc(O)ccc2[C@@]12CCCCCCCCCNS(=O)(=O)N2CCCC(F)(F)C(F)(F)F. The number of phenols is 2. The number of nitrogens with zero attached hydrogens (tertiary/aromatic N) is 2. The molecule has 16 nitrogen and oxygen atoms in total. The Morgan fingerprint density at radius 1 is 0.548 bits per heavy atom. The van der Waals surface area contributed by atoms with Crippen LogP contribution in [0.4, 0.5) is 43.9 Å². The highest BCUT2D eigenvalue weighted by atomic mass is 32.2. The molecule has 522 valence electrons. The van der Waals surface area contributed by atoms with Gasteiger partial charge in [-0.25, -0.2) is 4.72 Å². The summed E-state index contributed by atoms with van der Waals surface area (Å²) in [4.78, 5) is 0. The van der Waals surface area contributed by atoms with E-state index < -0.39 is 109 Å². The molecule has 0 saturated carbocycles. The smallest absolute Gasteiger partial charge is 0.453 e. The van der Waals surface area contributed by atoms with Gasteiger partial charge in [0, 0.05) is 77.2 Å². The standard InChI is InChI=1S/C35H50F5N2O7S.C30H39F5N2O5S/c1-32(27-13-15-28(16-14-27)48-25-45-3)24-47-31-23-29(49-26-46-4)17-18-30(31)33(32)19-10-8-6-5-7-9-11-21-41-50(43,44)42(33,2)22-12-20-34(36,37)35(38,39)40;1-27(22-10-12-23(38)13-11-22)21-42-26-20-24(39)14-15-25(26)28(27)16-7-5-3-2-4-6-8-18-36-43(40,41)37(28)19-9-17-29(31,32)30(33,34)35/h13-18,23,41H,5-12,19-22,24-26H2,1-4H3;10-15,20,36,38-39H,2-9,16-19,21H2,1H3/q+1;/t;27-,28+/m.1/s1. The van der Waals surface area contributed by atoms with Crippen molar-refractivity contribution in [2.75, 3.05) is 74.2 Å². The maximum absolute atomic E-state index is 14.9. The van der Waals surface area contributed by atoms with Gasteiger partial charge in [0.25, 0.3) is 10.2 Å². The van der Waals surface area contributed by atoms with E-state index in [-0.39, 0.29) is 70.0 Å². The summed E-state index contributed by atoms with van der Waals surface area (Å²) in [6, 6.07) is 22.5. The molecule has 3 unspecified atom stereocenters. The zero-order chi connectivity index (χ0) is 68.2. The zero-order valence-corrected chi connectivity index (χ0v) is 55.0. The molecule has 28 heteroatoms. The number of fused-ring (bicyclic) bond motifs is 4. The van der Waals surface area contributed by atoms with E-state index >= 15 is 0 Å². The van der Waals surface area contributed by atoms with Gasteiger partial charge in [0.1, 0.15) is 41.1 Å². The lowest BCUT2D eigenvalue weighted by Gasteiger charge is -2.59. The highest BCUT2D eigenvalue weighted by Crippen LogP contribution is 2.61. The molecular weight excluding hydrogens is 1280 g/mol. The van der Waals surface area contributed by atoms with Gasteiger partial charge in [-0.2, -0.15) is 73.7 Å². The van der Waals surface area contributed by atoms with Gasteiger partial charge in [-0.05, 0) is 98.7 Å². The van der Waals surface area contributed by atoms with E-state index in [0.29, 0.717) is 65.2 Å². The van der Waals surface area contributed by atoms with Crippen molar-refractivity contribution in [1.82, 2.24) is 13.7 Å². The molecule has 5 atom stereocenters. The number of alkyl halides is 10. The second-order valence-electron chi connectivity index (χ2n) is 25.2. The molecule has 0 aliphatic carbocycles. The first-order valence-electron chi connectivity index (χ1n) is 31.6. The van der Waals surface area contributed by atoms with Crippen molar-refractivity contribution in [3.8, 4) is 34.5 Å². The van der Waals surface area contributed by atoms with E-state index in [2.05, 4.69) is 9.44 Å². The Bertz CT molecular complexity index is 3300. The average Bonchev–Trinajstić information content (AvgIpc) is 0.727. The number of quaternary nitrogens is 1. The topological polar surface area (TPSA) is 191 Å². The lowest BCUT2D eigenvalue weighted by atomic mass is 9.59. The van der Waals surface area contributed by atoms with E-state index in [1.807, 2.05) is 6.92 Å². The Hall–Kier alpha value is -5.36. The Morgan fingerprint density at radius 2 is 1.00 bits per heavy atom. The number of aromatic hydroxyl groups is 2. The highest BCUT2D eigenvalue weighted by Gasteiger charge is 2.70. The summed E-state index contributed by atoms with van der Waals surface area (Å²) in [5.74, 6) is -8.73. The fourth-order valence-corrected chi connectivity index (χ4v) is 17.7. The van der Waals surface area contributed by atoms with Crippen molar-refractivity contribution in [2.24, 2.45) is 0 Å². The number of nitrogens with one attached hydrogen (secondary N) is 2. The summed E-state index contributed by atoms with van der Waals surface area (Å²) >= 11 is 0. The Morgan fingerprint density at radius 3 is 1.57 bits per heavy atom. The Balaban J connectivity index is 0.000000266. The summed E-state index contributed by atoms with van der Waals surface area (Å²) in [6.07, 6.45) is -4.88. The van der Waals surface area contributed by atoms with Crippen molar-refractivity contribution in [2.45, 2.75) is 188 Å². The molecule has 4 aliphatic rings. The highest BCUT2D eigenvalue weighted by molar-refractivity contribution is 7.87. The number of methoxy groups -OCH3 is 2. The van der Waals surface area contributed by atoms with Crippen molar-refractivity contribution >= 4 is 20.4 Å². The van der Waals surface area contributed by atoms with E-state index in [0.717, 1.165) is 68.5 Å².